The summed E-state index contributed by atoms with van der Waals surface area (Å²) in [5.74, 6) is 2.81. The molecule has 0 radical (unpaired) electrons. The van der Waals surface area contributed by atoms with E-state index in [4.69, 9.17) is 14.5 Å². The van der Waals surface area contributed by atoms with Crippen LogP contribution in [0.5, 0.6) is 11.5 Å². The Labute approximate surface area is 160 Å². The number of hydrogen-bond donors (Lipinski definition) is 0. The van der Waals surface area contributed by atoms with E-state index >= 15 is 0 Å². The minimum Gasteiger partial charge on any atom is -0.493 e. The summed E-state index contributed by atoms with van der Waals surface area (Å²) in [6.45, 7) is 2.32. The molecule has 1 unspecified atom stereocenters. The topological polar surface area (TPSA) is 61.5 Å². The van der Waals surface area contributed by atoms with E-state index in [0.717, 1.165) is 34.7 Å². The third kappa shape index (κ3) is 2.49. The number of aryl methyl sites for hydroxylation is 1. The zero-order valence-corrected chi connectivity index (χ0v) is 16.3. The van der Waals surface area contributed by atoms with E-state index in [2.05, 4.69) is 17.1 Å². The number of rotatable bonds is 3. The van der Waals surface area contributed by atoms with Crippen molar-refractivity contribution < 1.29 is 9.47 Å². The largest absolute Gasteiger partial charge is 0.493 e. The highest BCUT2D eigenvalue weighted by Gasteiger charge is 2.24. The highest BCUT2D eigenvalue weighted by molar-refractivity contribution is 7.19. The fourth-order valence-electron chi connectivity index (χ4n) is 3.92. The third-order valence-corrected chi connectivity index (χ3v) is 6.54. The third-order valence-electron chi connectivity index (χ3n) is 5.34. The van der Waals surface area contributed by atoms with Gasteiger partial charge in [0.25, 0.3) is 0 Å². The van der Waals surface area contributed by atoms with Gasteiger partial charge in [-0.1, -0.05) is 6.92 Å². The molecule has 4 aromatic rings. The van der Waals surface area contributed by atoms with Gasteiger partial charge in [-0.3, -0.25) is 4.40 Å². The van der Waals surface area contributed by atoms with Crippen LogP contribution < -0.4 is 9.47 Å². The number of ether oxygens (including phenoxy) is 2. The van der Waals surface area contributed by atoms with E-state index in [-0.39, 0.29) is 0 Å². The first kappa shape index (κ1) is 16.5. The molecule has 0 amide bonds. The summed E-state index contributed by atoms with van der Waals surface area (Å²) >= 11 is 1.80. The van der Waals surface area contributed by atoms with Gasteiger partial charge in [0.2, 0.25) is 0 Å². The van der Waals surface area contributed by atoms with Crippen molar-refractivity contribution >= 4 is 27.2 Å². The number of nitrogens with zero attached hydrogens (tertiary/aromatic N) is 4. The summed E-state index contributed by atoms with van der Waals surface area (Å²) in [5.41, 5.74) is 3.22. The number of methoxy groups -OCH3 is 2. The smallest absolute Gasteiger partial charge is 0.172 e. The molecule has 7 heteroatoms. The molecule has 6 nitrogen and oxygen atoms in total. The van der Waals surface area contributed by atoms with E-state index in [1.807, 2.05) is 28.9 Å². The lowest BCUT2D eigenvalue weighted by Crippen LogP contribution is -2.09. The van der Waals surface area contributed by atoms with Crippen LogP contribution in [0.3, 0.4) is 0 Å². The van der Waals surface area contributed by atoms with Crippen molar-refractivity contribution in [2.75, 3.05) is 14.2 Å². The maximum absolute atomic E-state index is 5.43. The molecule has 27 heavy (non-hydrogen) atoms. The molecule has 0 fully saturated rings. The number of thiophene rings is 1. The molecule has 0 saturated heterocycles. The second-order valence-electron chi connectivity index (χ2n) is 7.06. The second-order valence-corrected chi connectivity index (χ2v) is 8.15. The predicted octanol–water partition coefficient (Wildman–Crippen LogP) is 4.15. The lowest BCUT2D eigenvalue weighted by atomic mass is 9.89. The minimum atomic E-state index is 0.669. The van der Waals surface area contributed by atoms with Crippen LogP contribution in [0.15, 0.2) is 24.5 Å². The Morgan fingerprint density at radius 3 is 2.81 bits per heavy atom. The fraction of sp³-hybridized carbons (Fsp3) is 0.350. The van der Waals surface area contributed by atoms with E-state index in [0.29, 0.717) is 17.4 Å². The molecule has 3 heterocycles. The van der Waals surface area contributed by atoms with Crippen LogP contribution in [0.25, 0.3) is 27.3 Å². The molecule has 0 spiro atoms. The first-order valence-corrected chi connectivity index (χ1v) is 9.87. The van der Waals surface area contributed by atoms with E-state index < -0.39 is 0 Å². The highest BCUT2D eigenvalue weighted by Crippen LogP contribution is 2.39. The van der Waals surface area contributed by atoms with Crippen LogP contribution in [0, 0.1) is 5.92 Å². The summed E-state index contributed by atoms with van der Waals surface area (Å²) in [5, 5.41) is 10.2. The minimum absolute atomic E-state index is 0.669. The van der Waals surface area contributed by atoms with Crippen LogP contribution in [-0.4, -0.2) is 33.8 Å². The van der Waals surface area contributed by atoms with Gasteiger partial charge in [-0.15, -0.1) is 21.5 Å². The second kappa shape index (κ2) is 6.20. The van der Waals surface area contributed by atoms with Crippen molar-refractivity contribution in [3.63, 3.8) is 0 Å². The Balaban J connectivity index is 1.72. The Morgan fingerprint density at radius 2 is 2.00 bits per heavy atom. The first-order valence-electron chi connectivity index (χ1n) is 9.06. The lowest BCUT2D eigenvalue weighted by molar-refractivity contribution is 0.355. The molecule has 0 bridgehead atoms. The normalized spacial score (nSPS) is 16.6. The van der Waals surface area contributed by atoms with Crippen LogP contribution in [0.1, 0.15) is 23.8 Å². The van der Waals surface area contributed by atoms with Crippen molar-refractivity contribution in [2.24, 2.45) is 5.92 Å². The van der Waals surface area contributed by atoms with E-state index in [1.54, 1.807) is 25.6 Å². The van der Waals surface area contributed by atoms with Gasteiger partial charge in [0.1, 0.15) is 11.2 Å². The molecule has 5 rings (SSSR count). The molecular formula is C20H20N4O2S. The summed E-state index contributed by atoms with van der Waals surface area (Å²) in [6.07, 6.45) is 5.31. The zero-order chi connectivity index (χ0) is 18.5. The van der Waals surface area contributed by atoms with Crippen molar-refractivity contribution in [1.82, 2.24) is 19.6 Å². The molecular weight excluding hydrogens is 360 g/mol. The number of aromatic nitrogens is 4. The van der Waals surface area contributed by atoms with Gasteiger partial charge < -0.3 is 9.47 Å². The number of hydrogen-bond acceptors (Lipinski definition) is 6. The van der Waals surface area contributed by atoms with Gasteiger partial charge in [0, 0.05) is 10.4 Å². The quantitative estimate of drug-likeness (QED) is 0.534. The molecule has 0 N–H and O–H groups in total. The molecule has 0 aliphatic heterocycles. The van der Waals surface area contributed by atoms with Gasteiger partial charge in [-0.05, 0) is 48.9 Å². The van der Waals surface area contributed by atoms with Gasteiger partial charge in [0.05, 0.1) is 19.6 Å². The van der Waals surface area contributed by atoms with Gasteiger partial charge >= 0.3 is 0 Å². The van der Waals surface area contributed by atoms with Crippen LogP contribution in [-0.2, 0) is 12.8 Å². The van der Waals surface area contributed by atoms with Gasteiger partial charge in [0.15, 0.2) is 23.0 Å². The monoisotopic (exact) mass is 380 g/mol. The molecule has 138 valence electrons. The van der Waals surface area contributed by atoms with E-state index in [1.165, 1.54) is 22.2 Å². The molecule has 1 aliphatic rings. The highest BCUT2D eigenvalue weighted by atomic mass is 32.1. The van der Waals surface area contributed by atoms with Crippen molar-refractivity contribution in [1.29, 1.82) is 0 Å². The van der Waals surface area contributed by atoms with Crippen molar-refractivity contribution in [3.8, 4) is 22.9 Å². The van der Waals surface area contributed by atoms with Gasteiger partial charge in [-0.2, -0.15) is 0 Å². The maximum Gasteiger partial charge on any atom is 0.172 e. The number of fused-ring (bicyclic) bond motifs is 5. The first-order chi connectivity index (χ1) is 13.2. The standard InChI is InChI=1S/C20H20N4O2S/c1-11-4-7-16-13(8-11)17-19-23-22-18(24(19)10-21-20(17)27-16)12-5-6-14(25-2)15(9-12)26-3/h5-6,9-11H,4,7-8H2,1-3H3. The summed E-state index contributed by atoms with van der Waals surface area (Å²) in [7, 11) is 3.26. The lowest BCUT2D eigenvalue weighted by Gasteiger charge is -2.17. The van der Waals surface area contributed by atoms with Crippen molar-refractivity contribution in [3.05, 3.63) is 35.0 Å². The molecule has 3 aromatic heterocycles. The molecule has 0 saturated carbocycles. The summed E-state index contributed by atoms with van der Waals surface area (Å²) in [6, 6.07) is 5.77. The molecule has 1 aromatic carbocycles. The Kier molecular flexibility index (Phi) is 3.79. The average Bonchev–Trinajstić information content (AvgIpc) is 3.28. The predicted molar refractivity (Wildman–Crippen MR) is 106 cm³/mol. The van der Waals surface area contributed by atoms with Crippen molar-refractivity contribution in [2.45, 2.75) is 26.2 Å². The fourth-order valence-corrected chi connectivity index (χ4v) is 5.10. The summed E-state index contributed by atoms with van der Waals surface area (Å²) < 4.78 is 12.8. The Morgan fingerprint density at radius 1 is 1.15 bits per heavy atom. The van der Waals surface area contributed by atoms with Crippen LogP contribution >= 0.6 is 11.3 Å². The molecule has 1 aliphatic carbocycles. The maximum atomic E-state index is 5.43. The van der Waals surface area contributed by atoms with Gasteiger partial charge in [-0.25, -0.2) is 4.98 Å². The van der Waals surface area contributed by atoms with Crippen LogP contribution in [0.2, 0.25) is 0 Å². The summed E-state index contributed by atoms with van der Waals surface area (Å²) in [4.78, 5) is 7.24. The van der Waals surface area contributed by atoms with E-state index in [9.17, 15) is 0 Å². The zero-order valence-electron chi connectivity index (χ0n) is 15.5. The SMILES string of the molecule is COc1ccc(-c2nnc3c4c5c(sc4ncn23)CCC(C)C5)cc1OC. The Bertz CT molecular complexity index is 1160. The number of benzene rings is 1. The average molecular weight is 380 g/mol. The Hall–Kier alpha value is -2.67. The van der Waals surface area contributed by atoms with Crippen LogP contribution in [0.4, 0.5) is 0 Å². The molecule has 1 atom stereocenters.